The van der Waals surface area contributed by atoms with Crippen LogP contribution in [-0.2, 0) is 13.1 Å². The van der Waals surface area contributed by atoms with Crippen LogP contribution in [0.1, 0.15) is 56.9 Å². The van der Waals surface area contributed by atoms with Gasteiger partial charge in [0, 0.05) is 42.0 Å². The Labute approximate surface area is 135 Å². The Kier molecular flexibility index (Phi) is 7.93. The molecule has 21 heavy (non-hydrogen) atoms. The minimum Gasteiger partial charge on any atom is -0.310 e. The number of rotatable bonds is 9. The second kappa shape index (κ2) is 8.92. The van der Waals surface area contributed by atoms with E-state index in [4.69, 9.17) is 0 Å². The summed E-state index contributed by atoms with van der Waals surface area (Å²) in [6.45, 7) is 20.4. The smallest absolute Gasteiger partial charge is 0.0302 e. The lowest BCUT2D eigenvalue weighted by Crippen LogP contribution is -2.31. The zero-order valence-electron chi connectivity index (χ0n) is 15.0. The van der Waals surface area contributed by atoms with E-state index in [0.29, 0.717) is 6.04 Å². The lowest BCUT2D eigenvalue weighted by molar-refractivity contribution is 0.211. The third-order valence-electron chi connectivity index (χ3n) is 3.40. The average Bonchev–Trinajstić information content (AvgIpc) is 2.66. The Morgan fingerprint density at radius 1 is 1.05 bits per heavy atom. The summed E-state index contributed by atoms with van der Waals surface area (Å²) in [5.74, 6) is 1.45. The van der Waals surface area contributed by atoms with Gasteiger partial charge < -0.3 is 5.32 Å². The van der Waals surface area contributed by atoms with Gasteiger partial charge in [-0.2, -0.15) is 0 Å². The molecule has 0 aliphatic heterocycles. The Balaban J connectivity index is 2.69. The van der Waals surface area contributed by atoms with Crippen molar-refractivity contribution in [2.75, 3.05) is 13.1 Å². The number of nitrogens with zero attached hydrogens (tertiary/aromatic N) is 1. The van der Waals surface area contributed by atoms with E-state index in [1.807, 2.05) is 11.3 Å². The molecule has 1 N–H and O–H groups in total. The highest BCUT2D eigenvalue weighted by Crippen LogP contribution is 2.23. The number of aryl methyl sites for hydroxylation is 1. The lowest BCUT2D eigenvalue weighted by Gasteiger charge is -2.26. The van der Waals surface area contributed by atoms with Gasteiger partial charge >= 0.3 is 0 Å². The topological polar surface area (TPSA) is 15.3 Å². The molecule has 0 amide bonds. The van der Waals surface area contributed by atoms with Crippen LogP contribution >= 0.6 is 11.3 Å². The van der Waals surface area contributed by atoms with Crippen molar-refractivity contribution in [1.82, 2.24) is 10.2 Å². The number of hydrogen-bond acceptors (Lipinski definition) is 3. The van der Waals surface area contributed by atoms with E-state index in [0.717, 1.165) is 24.9 Å². The van der Waals surface area contributed by atoms with Gasteiger partial charge in [0.15, 0.2) is 0 Å². The summed E-state index contributed by atoms with van der Waals surface area (Å²) in [6, 6.07) is 2.96. The molecule has 0 saturated carbocycles. The summed E-state index contributed by atoms with van der Waals surface area (Å²) in [5.41, 5.74) is 1.52. The van der Waals surface area contributed by atoms with Crippen molar-refractivity contribution in [3.8, 4) is 0 Å². The van der Waals surface area contributed by atoms with Crippen molar-refractivity contribution >= 4 is 11.3 Å². The van der Waals surface area contributed by atoms with Crippen LogP contribution in [0.15, 0.2) is 6.07 Å². The molecule has 0 atom stereocenters. The van der Waals surface area contributed by atoms with Crippen LogP contribution in [0.5, 0.6) is 0 Å². The van der Waals surface area contributed by atoms with Crippen molar-refractivity contribution in [3.05, 3.63) is 21.4 Å². The number of nitrogens with one attached hydrogen (secondary N) is 1. The standard InChI is InChI=1S/C18H34N2S/c1-13(2)10-20(11-14(3)4)12-17-8-18(21-16(17)7)9-19-15(5)6/h8,13-15,19H,9-12H2,1-7H3. The van der Waals surface area contributed by atoms with Crippen LogP contribution in [-0.4, -0.2) is 24.0 Å². The van der Waals surface area contributed by atoms with Crippen LogP contribution in [0.3, 0.4) is 0 Å². The Morgan fingerprint density at radius 3 is 2.10 bits per heavy atom. The summed E-state index contributed by atoms with van der Waals surface area (Å²) in [5, 5.41) is 3.52. The van der Waals surface area contributed by atoms with Crippen molar-refractivity contribution < 1.29 is 0 Å². The monoisotopic (exact) mass is 310 g/mol. The molecular weight excluding hydrogens is 276 g/mol. The molecule has 1 heterocycles. The second-order valence-corrected chi connectivity index (χ2v) is 8.65. The lowest BCUT2D eigenvalue weighted by atomic mass is 10.1. The van der Waals surface area contributed by atoms with Crippen molar-refractivity contribution in [2.24, 2.45) is 11.8 Å². The molecule has 0 spiro atoms. The van der Waals surface area contributed by atoms with Gasteiger partial charge in [-0.25, -0.2) is 0 Å². The fraction of sp³-hybridized carbons (Fsp3) is 0.778. The predicted octanol–water partition coefficient (Wildman–Crippen LogP) is 4.67. The van der Waals surface area contributed by atoms with E-state index in [9.17, 15) is 0 Å². The molecule has 0 radical (unpaired) electrons. The van der Waals surface area contributed by atoms with Crippen LogP contribution in [0.4, 0.5) is 0 Å². The quantitative estimate of drug-likeness (QED) is 0.713. The largest absolute Gasteiger partial charge is 0.310 e. The van der Waals surface area contributed by atoms with Crippen LogP contribution in [0, 0.1) is 18.8 Å². The number of thiophene rings is 1. The Hall–Kier alpha value is -0.380. The highest BCUT2D eigenvalue weighted by molar-refractivity contribution is 7.12. The molecule has 1 aromatic heterocycles. The molecule has 1 aromatic rings. The van der Waals surface area contributed by atoms with E-state index in [1.165, 1.54) is 28.4 Å². The molecule has 0 unspecified atom stereocenters. The molecule has 0 fully saturated rings. The maximum absolute atomic E-state index is 3.52. The third kappa shape index (κ3) is 7.44. The molecule has 0 saturated heterocycles. The van der Waals surface area contributed by atoms with Gasteiger partial charge in [-0.1, -0.05) is 41.5 Å². The molecule has 0 aliphatic carbocycles. The zero-order chi connectivity index (χ0) is 16.0. The fourth-order valence-electron chi connectivity index (χ4n) is 2.61. The average molecular weight is 311 g/mol. The molecule has 2 nitrogen and oxygen atoms in total. The first-order chi connectivity index (χ1) is 9.77. The second-order valence-electron chi connectivity index (χ2n) is 7.31. The molecule has 0 aliphatic rings. The third-order valence-corrected chi connectivity index (χ3v) is 4.49. The molecule has 3 heteroatoms. The first kappa shape index (κ1) is 18.7. The molecule has 0 aromatic carbocycles. The molecule has 122 valence electrons. The van der Waals surface area contributed by atoms with E-state index >= 15 is 0 Å². The first-order valence-corrected chi connectivity index (χ1v) is 9.13. The maximum Gasteiger partial charge on any atom is 0.0302 e. The first-order valence-electron chi connectivity index (χ1n) is 8.31. The van der Waals surface area contributed by atoms with Crippen LogP contribution in [0.25, 0.3) is 0 Å². The van der Waals surface area contributed by atoms with Gasteiger partial charge in [0.25, 0.3) is 0 Å². The summed E-state index contributed by atoms with van der Waals surface area (Å²) in [4.78, 5) is 5.56. The van der Waals surface area contributed by atoms with E-state index in [2.05, 4.69) is 64.7 Å². The van der Waals surface area contributed by atoms with E-state index in [-0.39, 0.29) is 0 Å². The van der Waals surface area contributed by atoms with Crippen LogP contribution < -0.4 is 5.32 Å². The van der Waals surface area contributed by atoms with Gasteiger partial charge in [0.1, 0.15) is 0 Å². The normalized spacial score (nSPS) is 12.3. The summed E-state index contributed by atoms with van der Waals surface area (Å²) >= 11 is 1.95. The van der Waals surface area contributed by atoms with Gasteiger partial charge in [0.2, 0.25) is 0 Å². The minimum absolute atomic E-state index is 0.550. The van der Waals surface area contributed by atoms with Gasteiger partial charge in [-0.3, -0.25) is 4.90 Å². The Morgan fingerprint density at radius 2 is 1.62 bits per heavy atom. The molecule has 1 rings (SSSR count). The summed E-state index contributed by atoms with van der Waals surface area (Å²) in [7, 11) is 0. The SMILES string of the molecule is Cc1sc(CNC(C)C)cc1CN(CC(C)C)CC(C)C. The maximum atomic E-state index is 3.52. The van der Waals surface area contributed by atoms with E-state index in [1.54, 1.807) is 0 Å². The minimum atomic E-state index is 0.550. The molecular formula is C18H34N2S. The van der Waals surface area contributed by atoms with Gasteiger partial charge in [-0.05, 0) is 30.4 Å². The van der Waals surface area contributed by atoms with Crippen molar-refractivity contribution in [1.29, 1.82) is 0 Å². The zero-order valence-corrected chi connectivity index (χ0v) is 15.8. The summed E-state index contributed by atoms with van der Waals surface area (Å²) in [6.07, 6.45) is 0. The van der Waals surface area contributed by atoms with Crippen LogP contribution in [0.2, 0.25) is 0 Å². The van der Waals surface area contributed by atoms with Gasteiger partial charge in [0.05, 0.1) is 0 Å². The number of hydrogen-bond donors (Lipinski definition) is 1. The van der Waals surface area contributed by atoms with Gasteiger partial charge in [-0.15, -0.1) is 11.3 Å². The Bertz CT molecular complexity index is 397. The fourth-order valence-corrected chi connectivity index (χ4v) is 3.62. The highest BCUT2D eigenvalue weighted by atomic mass is 32.1. The predicted molar refractivity (Wildman–Crippen MR) is 96.0 cm³/mol. The van der Waals surface area contributed by atoms with Crippen molar-refractivity contribution in [2.45, 2.75) is 67.6 Å². The highest BCUT2D eigenvalue weighted by Gasteiger charge is 2.13. The van der Waals surface area contributed by atoms with Crippen molar-refractivity contribution in [3.63, 3.8) is 0 Å². The van der Waals surface area contributed by atoms with E-state index < -0.39 is 0 Å². The molecule has 0 bridgehead atoms. The summed E-state index contributed by atoms with van der Waals surface area (Å²) < 4.78 is 0.